The summed E-state index contributed by atoms with van der Waals surface area (Å²) in [6.45, 7) is 6.00. The number of likely N-dealkylation sites (tertiary alicyclic amines) is 1. The molecule has 1 aliphatic heterocycles. The third kappa shape index (κ3) is 8.41. The molecule has 1 saturated heterocycles. The van der Waals surface area contributed by atoms with Crippen molar-refractivity contribution in [2.24, 2.45) is 10.4 Å². The number of alkyl halides is 3. The molecule has 1 unspecified atom stereocenters. The summed E-state index contributed by atoms with van der Waals surface area (Å²) in [7, 11) is 5.74. The predicted molar refractivity (Wildman–Crippen MR) is 87.7 cm³/mol. The molecule has 23 heavy (non-hydrogen) atoms. The number of halogens is 3. The molecule has 1 rings (SSSR count). The van der Waals surface area contributed by atoms with Crippen molar-refractivity contribution in [2.45, 2.75) is 32.5 Å². The number of hydrogen-bond acceptors (Lipinski definition) is 3. The van der Waals surface area contributed by atoms with Crippen molar-refractivity contribution in [2.75, 3.05) is 53.9 Å². The van der Waals surface area contributed by atoms with E-state index < -0.39 is 12.7 Å². The number of nitrogens with zero attached hydrogens (tertiary/aromatic N) is 3. The first-order chi connectivity index (χ1) is 10.5. The van der Waals surface area contributed by atoms with Crippen molar-refractivity contribution >= 4 is 5.96 Å². The van der Waals surface area contributed by atoms with Gasteiger partial charge >= 0.3 is 6.18 Å². The van der Waals surface area contributed by atoms with Crippen molar-refractivity contribution < 1.29 is 13.2 Å². The van der Waals surface area contributed by atoms with Gasteiger partial charge < -0.3 is 15.5 Å². The van der Waals surface area contributed by atoms with Gasteiger partial charge in [-0.1, -0.05) is 13.8 Å². The summed E-state index contributed by atoms with van der Waals surface area (Å²) in [4.78, 5) is 7.73. The van der Waals surface area contributed by atoms with E-state index in [-0.39, 0.29) is 11.5 Å². The maximum atomic E-state index is 12.4. The van der Waals surface area contributed by atoms with Crippen LogP contribution >= 0.6 is 0 Å². The van der Waals surface area contributed by atoms with Crippen LogP contribution < -0.4 is 10.6 Å². The Hall–Kier alpha value is -1.02. The van der Waals surface area contributed by atoms with Gasteiger partial charge in [0, 0.05) is 39.3 Å². The minimum atomic E-state index is -4.13. The Balaban J connectivity index is 2.40. The molecule has 0 aliphatic carbocycles. The van der Waals surface area contributed by atoms with Crippen molar-refractivity contribution in [3.63, 3.8) is 0 Å². The molecule has 0 bridgehead atoms. The van der Waals surface area contributed by atoms with Crippen LogP contribution in [0, 0.1) is 5.41 Å². The van der Waals surface area contributed by atoms with E-state index in [1.807, 2.05) is 14.1 Å². The highest BCUT2D eigenvalue weighted by molar-refractivity contribution is 5.80. The minimum Gasteiger partial charge on any atom is -0.356 e. The monoisotopic (exact) mass is 337 g/mol. The first kappa shape index (κ1) is 20.0. The molecule has 0 spiro atoms. The van der Waals surface area contributed by atoms with E-state index in [2.05, 4.69) is 34.4 Å². The summed E-state index contributed by atoms with van der Waals surface area (Å²) in [5.74, 6) is 0.649. The van der Waals surface area contributed by atoms with E-state index >= 15 is 0 Å². The van der Waals surface area contributed by atoms with Crippen LogP contribution in [0.25, 0.3) is 0 Å². The topological polar surface area (TPSA) is 42.9 Å². The Morgan fingerprint density at radius 2 is 1.96 bits per heavy atom. The van der Waals surface area contributed by atoms with Crippen LogP contribution in [-0.2, 0) is 0 Å². The molecule has 1 atom stereocenters. The molecule has 8 heteroatoms. The standard InChI is InChI=1S/C15H30F3N5/c1-14(2,10-22(4)5)9-20-13(19-3)21-12-6-7-23(8-12)11-15(16,17)18/h12H,6-11H2,1-5H3,(H2,19,20,21). The molecule has 0 saturated carbocycles. The fourth-order valence-corrected chi connectivity index (χ4v) is 2.97. The lowest BCUT2D eigenvalue weighted by atomic mass is 9.93. The lowest BCUT2D eigenvalue weighted by Crippen LogP contribution is -2.48. The third-order valence-electron chi connectivity index (χ3n) is 3.72. The highest BCUT2D eigenvalue weighted by Gasteiger charge is 2.34. The van der Waals surface area contributed by atoms with Crippen LogP contribution in [0.4, 0.5) is 13.2 Å². The van der Waals surface area contributed by atoms with Gasteiger partial charge in [0.1, 0.15) is 0 Å². The Bertz CT molecular complexity index is 393. The van der Waals surface area contributed by atoms with E-state index in [1.165, 1.54) is 4.90 Å². The van der Waals surface area contributed by atoms with Gasteiger partial charge in [-0.05, 0) is 25.9 Å². The third-order valence-corrected chi connectivity index (χ3v) is 3.72. The first-order valence-electron chi connectivity index (χ1n) is 7.92. The summed E-state index contributed by atoms with van der Waals surface area (Å²) in [6.07, 6.45) is -3.44. The lowest BCUT2D eigenvalue weighted by molar-refractivity contribution is -0.143. The molecule has 5 nitrogen and oxygen atoms in total. The van der Waals surface area contributed by atoms with Crippen molar-refractivity contribution in [1.29, 1.82) is 0 Å². The predicted octanol–water partition coefficient (Wildman–Crippen LogP) is 1.38. The van der Waals surface area contributed by atoms with Gasteiger partial charge in [0.2, 0.25) is 0 Å². The smallest absolute Gasteiger partial charge is 0.356 e. The van der Waals surface area contributed by atoms with E-state index in [4.69, 9.17) is 0 Å². The second-order valence-corrected chi connectivity index (χ2v) is 7.31. The van der Waals surface area contributed by atoms with Gasteiger partial charge in [-0.15, -0.1) is 0 Å². The van der Waals surface area contributed by atoms with Crippen LogP contribution in [0.3, 0.4) is 0 Å². The van der Waals surface area contributed by atoms with Gasteiger partial charge in [0.25, 0.3) is 0 Å². The minimum absolute atomic E-state index is 0.000473. The number of aliphatic imine (C=N–C) groups is 1. The second-order valence-electron chi connectivity index (χ2n) is 7.31. The van der Waals surface area contributed by atoms with Crippen molar-refractivity contribution in [3.8, 4) is 0 Å². The molecular weight excluding hydrogens is 307 g/mol. The Morgan fingerprint density at radius 3 is 2.48 bits per heavy atom. The molecule has 0 aromatic heterocycles. The average molecular weight is 337 g/mol. The fraction of sp³-hybridized carbons (Fsp3) is 0.933. The van der Waals surface area contributed by atoms with Gasteiger partial charge in [-0.3, -0.25) is 9.89 Å². The lowest BCUT2D eigenvalue weighted by Gasteiger charge is -2.29. The number of nitrogens with one attached hydrogen (secondary N) is 2. The molecule has 1 heterocycles. The Labute approximate surface area is 137 Å². The van der Waals surface area contributed by atoms with Crippen LogP contribution in [0.15, 0.2) is 4.99 Å². The number of hydrogen-bond donors (Lipinski definition) is 2. The van der Waals surface area contributed by atoms with Crippen LogP contribution in [0.1, 0.15) is 20.3 Å². The zero-order valence-corrected chi connectivity index (χ0v) is 14.8. The summed E-state index contributed by atoms with van der Waals surface area (Å²) >= 11 is 0. The van der Waals surface area contributed by atoms with E-state index in [0.717, 1.165) is 13.1 Å². The molecule has 1 aliphatic rings. The molecule has 0 aromatic carbocycles. The van der Waals surface area contributed by atoms with Gasteiger partial charge in [-0.2, -0.15) is 13.2 Å². The maximum Gasteiger partial charge on any atom is 0.401 e. The quantitative estimate of drug-likeness (QED) is 0.568. The molecular formula is C15H30F3N5. The molecule has 0 amide bonds. The summed E-state index contributed by atoms with van der Waals surface area (Å²) < 4.78 is 37.3. The average Bonchev–Trinajstić information content (AvgIpc) is 2.77. The Morgan fingerprint density at radius 1 is 1.30 bits per heavy atom. The number of rotatable bonds is 6. The summed E-state index contributed by atoms with van der Waals surface area (Å²) in [6, 6.07) is 0.000473. The van der Waals surface area contributed by atoms with E-state index in [0.29, 0.717) is 25.5 Å². The zero-order chi connectivity index (χ0) is 17.7. The van der Waals surface area contributed by atoms with E-state index in [1.54, 1.807) is 7.05 Å². The fourth-order valence-electron chi connectivity index (χ4n) is 2.97. The molecule has 1 fully saturated rings. The summed E-state index contributed by atoms with van der Waals surface area (Å²) in [5.41, 5.74) is 0.0686. The normalized spacial score (nSPS) is 21.1. The Kier molecular flexibility index (Phi) is 7.13. The SMILES string of the molecule is CN=C(NCC(C)(C)CN(C)C)NC1CCN(CC(F)(F)F)C1. The van der Waals surface area contributed by atoms with Gasteiger partial charge in [0.15, 0.2) is 5.96 Å². The van der Waals surface area contributed by atoms with E-state index in [9.17, 15) is 13.2 Å². The summed E-state index contributed by atoms with van der Waals surface area (Å²) in [5, 5.41) is 6.50. The van der Waals surface area contributed by atoms with Crippen LogP contribution in [-0.4, -0.2) is 81.8 Å². The number of guanidine groups is 1. The zero-order valence-electron chi connectivity index (χ0n) is 14.8. The van der Waals surface area contributed by atoms with Crippen molar-refractivity contribution in [3.05, 3.63) is 0 Å². The highest BCUT2D eigenvalue weighted by Crippen LogP contribution is 2.20. The molecule has 136 valence electrons. The van der Waals surface area contributed by atoms with Gasteiger partial charge in [-0.25, -0.2) is 0 Å². The van der Waals surface area contributed by atoms with Crippen molar-refractivity contribution in [1.82, 2.24) is 20.4 Å². The largest absolute Gasteiger partial charge is 0.401 e. The molecule has 0 aromatic rings. The highest BCUT2D eigenvalue weighted by atomic mass is 19.4. The second kappa shape index (κ2) is 8.19. The maximum absolute atomic E-state index is 12.4. The van der Waals surface area contributed by atoms with Gasteiger partial charge in [0.05, 0.1) is 6.54 Å². The molecule has 2 N–H and O–H groups in total. The van der Waals surface area contributed by atoms with Crippen LogP contribution in [0.5, 0.6) is 0 Å². The first-order valence-corrected chi connectivity index (χ1v) is 7.92. The van der Waals surface area contributed by atoms with Crippen LogP contribution in [0.2, 0.25) is 0 Å². The molecule has 0 radical (unpaired) electrons.